The van der Waals surface area contributed by atoms with Crippen molar-refractivity contribution in [2.24, 2.45) is 5.92 Å². The lowest BCUT2D eigenvalue weighted by Gasteiger charge is -2.54. The van der Waals surface area contributed by atoms with E-state index >= 15 is 0 Å². The topological polar surface area (TPSA) is 79.9 Å². The van der Waals surface area contributed by atoms with Crippen LogP contribution in [0.5, 0.6) is 11.5 Å². The second-order valence-corrected chi connectivity index (χ2v) is 9.55. The fraction of sp³-hybridized carbons (Fsp3) is 0.310. The average molecular weight is 486 g/mol. The van der Waals surface area contributed by atoms with E-state index in [-0.39, 0.29) is 18.5 Å². The molecule has 7 nitrogen and oxygen atoms in total. The summed E-state index contributed by atoms with van der Waals surface area (Å²) in [5.41, 5.74) is 3.24. The van der Waals surface area contributed by atoms with Crippen molar-refractivity contribution in [2.75, 3.05) is 11.9 Å². The second kappa shape index (κ2) is 9.22. The lowest BCUT2D eigenvalue weighted by Crippen LogP contribution is -2.71. The summed E-state index contributed by atoms with van der Waals surface area (Å²) in [4.78, 5) is 29.0. The molecule has 0 aromatic heterocycles. The minimum Gasteiger partial charge on any atom is -0.490 e. The summed E-state index contributed by atoms with van der Waals surface area (Å²) in [6.45, 7) is 8.47. The summed E-state index contributed by atoms with van der Waals surface area (Å²) in [5.74, 6) is 0.208. The van der Waals surface area contributed by atoms with Crippen molar-refractivity contribution in [2.45, 2.75) is 46.0 Å². The summed E-state index contributed by atoms with van der Waals surface area (Å²) in [6.07, 6.45) is 0. The molecule has 5 rings (SSSR count). The Morgan fingerprint density at radius 3 is 2.61 bits per heavy atom. The smallest absolute Gasteiger partial charge is 0.321 e. The first-order valence-corrected chi connectivity index (χ1v) is 12.3. The van der Waals surface area contributed by atoms with Crippen LogP contribution in [0.15, 0.2) is 66.7 Å². The SMILES string of the molecule is CCOc1cccc2c1O[C@@]1(C)[C@@H](C(=O)Nc3ccc(C)cc3C)[C@@H]2NC(=O)N1Cc1ccccc1. The van der Waals surface area contributed by atoms with Gasteiger partial charge in [-0.15, -0.1) is 0 Å². The molecule has 3 atom stereocenters. The van der Waals surface area contributed by atoms with Gasteiger partial charge in [-0.1, -0.05) is 60.2 Å². The summed E-state index contributed by atoms with van der Waals surface area (Å²) >= 11 is 0. The number of rotatable bonds is 6. The molecule has 0 unspecified atom stereocenters. The van der Waals surface area contributed by atoms with Gasteiger partial charge in [-0.05, 0) is 51.0 Å². The Morgan fingerprint density at radius 2 is 1.89 bits per heavy atom. The van der Waals surface area contributed by atoms with Crippen LogP contribution < -0.4 is 20.1 Å². The molecular formula is C29H31N3O4. The van der Waals surface area contributed by atoms with Gasteiger partial charge >= 0.3 is 6.03 Å². The number of aryl methyl sites for hydroxylation is 2. The summed E-state index contributed by atoms with van der Waals surface area (Å²) in [5, 5.41) is 6.20. The van der Waals surface area contributed by atoms with Gasteiger partial charge in [-0.25, -0.2) is 4.79 Å². The zero-order valence-electron chi connectivity index (χ0n) is 21.0. The molecular weight excluding hydrogens is 454 g/mol. The maximum atomic E-state index is 13.9. The first-order valence-electron chi connectivity index (χ1n) is 12.3. The highest BCUT2D eigenvalue weighted by molar-refractivity contribution is 5.96. The van der Waals surface area contributed by atoms with Gasteiger partial charge in [0.25, 0.3) is 0 Å². The normalized spacial score (nSPS) is 22.2. The molecule has 0 aliphatic carbocycles. The molecule has 3 aromatic carbocycles. The van der Waals surface area contributed by atoms with Crippen LogP contribution in [0.2, 0.25) is 0 Å². The number of fused-ring (bicyclic) bond motifs is 4. The highest BCUT2D eigenvalue weighted by atomic mass is 16.5. The summed E-state index contributed by atoms with van der Waals surface area (Å²) in [6, 6.07) is 20.3. The largest absolute Gasteiger partial charge is 0.490 e. The van der Waals surface area contributed by atoms with E-state index in [0.717, 1.165) is 27.9 Å². The molecule has 2 heterocycles. The number of para-hydroxylation sites is 1. The van der Waals surface area contributed by atoms with Crippen molar-refractivity contribution in [3.63, 3.8) is 0 Å². The first-order chi connectivity index (χ1) is 17.3. The molecule has 2 N–H and O–H groups in total. The molecule has 1 saturated heterocycles. The van der Waals surface area contributed by atoms with Gasteiger partial charge in [-0.2, -0.15) is 0 Å². The van der Waals surface area contributed by atoms with E-state index in [1.807, 2.05) is 94.4 Å². The van der Waals surface area contributed by atoms with E-state index in [4.69, 9.17) is 9.47 Å². The van der Waals surface area contributed by atoms with Crippen molar-refractivity contribution < 1.29 is 19.1 Å². The Hall–Kier alpha value is -4.00. The fourth-order valence-corrected chi connectivity index (χ4v) is 5.27. The average Bonchev–Trinajstić information content (AvgIpc) is 2.85. The van der Waals surface area contributed by atoms with Crippen molar-refractivity contribution in [3.8, 4) is 11.5 Å². The molecule has 2 bridgehead atoms. The van der Waals surface area contributed by atoms with E-state index in [0.29, 0.717) is 18.1 Å². The zero-order chi connectivity index (χ0) is 25.4. The number of carbonyl (C=O) groups excluding carboxylic acids is 2. The predicted molar refractivity (Wildman–Crippen MR) is 138 cm³/mol. The molecule has 0 radical (unpaired) electrons. The van der Waals surface area contributed by atoms with Crippen molar-refractivity contribution in [1.82, 2.24) is 10.2 Å². The molecule has 7 heteroatoms. The number of hydrogen-bond acceptors (Lipinski definition) is 4. The molecule has 3 aromatic rings. The van der Waals surface area contributed by atoms with Crippen LogP contribution >= 0.6 is 0 Å². The van der Waals surface area contributed by atoms with Crippen molar-refractivity contribution >= 4 is 17.6 Å². The van der Waals surface area contributed by atoms with E-state index in [9.17, 15) is 9.59 Å². The predicted octanol–water partition coefficient (Wildman–Crippen LogP) is 5.33. The van der Waals surface area contributed by atoms with Crippen LogP contribution in [0, 0.1) is 19.8 Å². The molecule has 36 heavy (non-hydrogen) atoms. The minimum absolute atomic E-state index is 0.222. The molecule has 0 saturated carbocycles. The van der Waals surface area contributed by atoms with E-state index in [2.05, 4.69) is 10.6 Å². The fourth-order valence-electron chi connectivity index (χ4n) is 5.27. The third kappa shape index (κ3) is 4.04. The number of carbonyl (C=O) groups is 2. The second-order valence-electron chi connectivity index (χ2n) is 9.55. The van der Waals surface area contributed by atoms with Crippen LogP contribution in [0.3, 0.4) is 0 Å². The molecule has 2 aliphatic heterocycles. The molecule has 2 aliphatic rings. The number of nitrogens with one attached hydrogen (secondary N) is 2. The number of amides is 3. The number of anilines is 1. The number of urea groups is 1. The van der Waals surface area contributed by atoms with E-state index in [1.165, 1.54) is 0 Å². The molecule has 186 valence electrons. The van der Waals surface area contributed by atoms with Gasteiger partial charge in [0, 0.05) is 11.3 Å². The van der Waals surface area contributed by atoms with Gasteiger partial charge in [-0.3, -0.25) is 9.69 Å². The first kappa shape index (κ1) is 23.7. The Labute approximate surface area is 211 Å². The Balaban J connectivity index is 1.59. The summed E-state index contributed by atoms with van der Waals surface area (Å²) in [7, 11) is 0. The van der Waals surface area contributed by atoms with Crippen LogP contribution in [0.25, 0.3) is 0 Å². The lowest BCUT2D eigenvalue weighted by molar-refractivity contribution is -0.156. The monoisotopic (exact) mass is 485 g/mol. The van der Waals surface area contributed by atoms with Crippen LogP contribution in [0.4, 0.5) is 10.5 Å². The molecule has 1 fully saturated rings. The Morgan fingerprint density at radius 1 is 1.11 bits per heavy atom. The van der Waals surface area contributed by atoms with E-state index < -0.39 is 17.7 Å². The molecule has 3 amide bonds. The Kier molecular flexibility index (Phi) is 6.08. The standard InChI is InChI=1S/C29H31N3O4/c1-5-35-23-13-9-12-21-25-24(27(33)30-22-15-14-18(2)16-19(22)3)29(4,36-26(21)23)32(28(34)31-25)17-20-10-7-6-8-11-20/h6-16,24-25H,5,17H2,1-4H3,(H,30,33)(H,31,34)/t24-,25-,29+/m1/s1. The zero-order valence-corrected chi connectivity index (χ0v) is 21.0. The highest BCUT2D eigenvalue weighted by Crippen LogP contribution is 2.52. The van der Waals surface area contributed by atoms with Crippen molar-refractivity contribution in [3.05, 3.63) is 89.0 Å². The van der Waals surface area contributed by atoms with Crippen LogP contribution in [-0.2, 0) is 11.3 Å². The van der Waals surface area contributed by atoms with E-state index in [1.54, 1.807) is 4.90 Å². The van der Waals surface area contributed by atoms with Gasteiger partial charge < -0.3 is 20.1 Å². The lowest BCUT2D eigenvalue weighted by atomic mass is 9.78. The Bertz CT molecular complexity index is 1310. The van der Waals surface area contributed by atoms with Gasteiger partial charge in [0.2, 0.25) is 5.91 Å². The highest BCUT2D eigenvalue weighted by Gasteiger charge is 2.60. The minimum atomic E-state index is -1.26. The van der Waals surface area contributed by atoms with Gasteiger partial charge in [0.1, 0.15) is 5.92 Å². The number of hydrogen-bond donors (Lipinski definition) is 2. The van der Waals surface area contributed by atoms with Gasteiger partial charge in [0.15, 0.2) is 17.2 Å². The number of ether oxygens (including phenoxy) is 2. The maximum absolute atomic E-state index is 13.9. The number of nitrogens with zero attached hydrogens (tertiary/aromatic N) is 1. The van der Waals surface area contributed by atoms with Gasteiger partial charge in [0.05, 0.1) is 19.2 Å². The third-order valence-corrected chi connectivity index (χ3v) is 7.03. The molecule has 0 spiro atoms. The van der Waals surface area contributed by atoms with Crippen molar-refractivity contribution in [1.29, 1.82) is 0 Å². The third-order valence-electron chi connectivity index (χ3n) is 7.03. The van der Waals surface area contributed by atoms with Crippen LogP contribution in [0.1, 0.15) is 42.1 Å². The quantitative estimate of drug-likeness (QED) is 0.495. The number of benzene rings is 3. The maximum Gasteiger partial charge on any atom is 0.321 e. The van der Waals surface area contributed by atoms with Crippen LogP contribution in [-0.4, -0.2) is 29.2 Å². The summed E-state index contributed by atoms with van der Waals surface area (Å²) < 4.78 is 12.5.